The Labute approximate surface area is 99.1 Å². The third kappa shape index (κ3) is 2.66. The number of carbonyl (C=O) groups is 1. The van der Waals surface area contributed by atoms with Gasteiger partial charge in [0.15, 0.2) is 0 Å². The van der Waals surface area contributed by atoms with Crippen molar-refractivity contribution in [2.24, 2.45) is 0 Å². The summed E-state index contributed by atoms with van der Waals surface area (Å²) in [7, 11) is 0. The summed E-state index contributed by atoms with van der Waals surface area (Å²) in [5.74, 6) is 0. The summed E-state index contributed by atoms with van der Waals surface area (Å²) in [5.41, 5.74) is 0. The van der Waals surface area contributed by atoms with E-state index in [-0.39, 0.29) is 6.03 Å². The van der Waals surface area contributed by atoms with Gasteiger partial charge in [-0.15, -0.1) is 11.3 Å². The molecule has 6 heteroatoms. The van der Waals surface area contributed by atoms with Gasteiger partial charge in [0.2, 0.25) is 0 Å². The number of aromatic nitrogens is 2. The number of hydrogen-bond donors (Lipinski definition) is 1. The fourth-order valence-corrected chi connectivity index (χ4v) is 2.50. The highest BCUT2D eigenvalue weighted by molar-refractivity contribution is 9.11. The summed E-state index contributed by atoms with van der Waals surface area (Å²) >= 11 is 4.97. The fourth-order valence-electron chi connectivity index (χ4n) is 1.08. The number of amides is 1. The Bertz CT molecular complexity index is 452. The van der Waals surface area contributed by atoms with Crippen LogP contribution in [0, 0.1) is 0 Å². The summed E-state index contributed by atoms with van der Waals surface area (Å²) < 4.78 is 2.47. The standard InChI is InChI=1S/C9H8BrN3OS/c10-8-2-1-7(15-8)5-12-9(14)13-4-3-11-6-13/h1-4,6H,5H2,(H,12,14). The Morgan fingerprint density at radius 2 is 2.47 bits per heavy atom. The molecule has 0 aromatic carbocycles. The highest BCUT2D eigenvalue weighted by Crippen LogP contribution is 2.21. The number of nitrogens with one attached hydrogen (secondary N) is 1. The molecule has 0 unspecified atom stereocenters. The van der Waals surface area contributed by atoms with Gasteiger partial charge >= 0.3 is 6.03 Å². The minimum atomic E-state index is -0.169. The molecule has 2 aromatic rings. The van der Waals surface area contributed by atoms with Crippen molar-refractivity contribution < 1.29 is 4.79 Å². The van der Waals surface area contributed by atoms with Gasteiger partial charge in [-0.3, -0.25) is 4.57 Å². The van der Waals surface area contributed by atoms with E-state index >= 15 is 0 Å². The van der Waals surface area contributed by atoms with Crippen LogP contribution in [0.1, 0.15) is 4.88 Å². The highest BCUT2D eigenvalue weighted by Gasteiger charge is 2.03. The van der Waals surface area contributed by atoms with Crippen molar-refractivity contribution in [2.45, 2.75) is 6.54 Å². The van der Waals surface area contributed by atoms with E-state index in [1.165, 1.54) is 10.9 Å². The molecular weight excluding hydrogens is 278 g/mol. The van der Waals surface area contributed by atoms with Crippen molar-refractivity contribution in [3.05, 3.63) is 39.5 Å². The number of rotatable bonds is 2. The van der Waals surface area contributed by atoms with E-state index in [0.29, 0.717) is 6.54 Å². The average molecular weight is 286 g/mol. The van der Waals surface area contributed by atoms with Crippen molar-refractivity contribution in [1.29, 1.82) is 0 Å². The first-order valence-corrected chi connectivity index (χ1v) is 5.87. The van der Waals surface area contributed by atoms with Gasteiger partial charge in [0.25, 0.3) is 0 Å². The van der Waals surface area contributed by atoms with Crippen LogP contribution in [0.3, 0.4) is 0 Å². The van der Waals surface area contributed by atoms with Crippen LogP contribution in [-0.4, -0.2) is 15.6 Å². The molecule has 2 heterocycles. The van der Waals surface area contributed by atoms with Gasteiger partial charge < -0.3 is 5.32 Å². The molecule has 0 saturated heterocycles. The van der Waals surface area contributed by atoms with Crippen LogP contribution in [0.2, 0.25) is 0 Å². The third-order valence-electron chi connectivity index (χ3n) is 1.78. The second-order valence-corrected chi connectivity index (χ2v) is 5.38. The molecule has 0 spiro atoms. The average Bonchev–Trinajstić information content (AvgIpc) is 2.84. The lowest BCUT2D eigenvalue weighted by atomic mass is 10.5. The van der Waals surface area contributed by atoms with Crippen LogP contribution in [0.4, 0.5) is 4.79 Å². The molecule has 2 rings (SSSR count). The molecule has 4 nitrogen and oxygen atoms in total. The largest absolute Gasteiger partial charge is 0.332 e. The summed E-state index contributed by atoms with van der Waals surface area (Å²) in [4.78, 5) is 16.4. The van der Waals surface area contributed by atoms with Gasteiger partial charge in [-0.2, -0.15) is 0 Å². The molecule has 0 aliphatic rings. The maximum absolute atomic E-state index is 11.5. The lowest BCUT2D eigenvalue weighted by molar-refractivity contribution is 0.242. The van der Waals surface area contributed by atoms with Crippen LogP contribution < -0.4 is 5.32 Å². The van der Waals surface area contributed by atoms with Crippen LogP contribution >= 0.6 is 27.3 Å². The Hall–Kier alpha value is -1.14. The first-order valence-electron chi connectivity index (χ1n) is 4.26. The molecule has 0 fully saturated rings. The minimum absolute atomic E-state index is 0.169. The van der Waals surface area contributed by atoms with Crippen LogP contribution in [0.15, 0.2) is 34.6 Å². The topological polar surface area (TPSA) is 46.9 Å². The predicted molar refractivity (Wildman–Crippen MR) is 61.9 cm³/mol. The van der Waals surface area contributed by atoms with Crippen molar-refractivity contribution in [3.8, 4) is 0 Å². The van der Waals surface area contributed by atoms with Crippen LogP contribution in [0.5, 0.6) is 0 Å². The Morgan fingerprint density at radius 1 is 1.60 bits per heavy atom. The van der Waals surface area contributed by atoms with Gasteiger partial charge in [0.1, 0.15) is 6.33 Å². The van der Waals surface area contributed by atoms with E-state index in [2.05, 4.69) is 26.2 Å². The molecule has 0 saturated carbocycles. The molecule has 0 bridgehead atoms. The monoisotopic (exact) mass is 285 g/mol. The molecule has 2 aromatic heterocycles. The highest BCUT2D eigenvalue weighted by atomic mass is 79.9. The van der Waals surface area contributed by atoms with Gasteiger partial charge in [0, 0.05) is 17.3 Å². The number of hydrogen-bond acceptors (Lipinski definition) is 3. The van der Waals surface area contributed by atoms with Crippen LogP contribution in [-0.2, 0) is 6.54 Å². The number of halogens is 1. The summed E-state index contributed by atoms with van der Waals surface area (Å²) in [5, 5.41) is 2.79. The number of carbonyl (C=O) groups excluding carboxylic acids is 1. The Kier molecular flexibility index (Phi) is 3.17. The van der Waals surface area contributed by atoms with Crippen molar-refractivity contribution in [3.63, 3.8) is 0 Å². The van der Waals surface area contributed by atoms with Crippen molar-refractivity contribution in [2.75, 3.05) is 0 Å². The molecule has 0 atom stereocenters. The van der Waals surface area contributed by atoms with Gasteiger partial charge in [-0.25, -0.2) is 9.78 Å². The predicted octanol–water partition coefficient (Wildman–Crippen LogP) is 2.46. The number of thiophene rings is 1. The van der Waals surface area contributed by atoms with Gasteiger partial charge in [-0.1, -0.05) is 0 Å². The zero-order chi connectivity index (χ0) is 10.7. The number of nitrogens with zero attached hydrogens (tertiary/aromatic N) is 2. The first-order chi connectivity index (χ1) is 7.25. The maximum atomic E-state index is 11.5. The second kappa shape index (κ2) is 4.59. The molecule has 0 aliphatic carbocycles. The maximum Gasteiger partial charge on any atom is 0.327 e. The van der Waals surface area contributed by atoms with E-state index in [0.717, 1.165) is 8.66 Å². The van der Waals surface area contributed by atoms with E-state index in [4.69, 9.17) is 0 Å². The first kappa shape index (κ1) is 10.4. The minimum Gasteiger partial charge on any atom is -0.332 e. The normalized spacial score (nSPS) is 10.2. The molecule has 1 amide bonds. The zero-order valence-electron chi connectivity index (χ0n) is 7.68. The molecule has 15 heavy (non-hydrogen) atoms. The lowest BCUT2D eigenvalue weighted by Crippen LogP contribution is -2.26. The van der Waals surface area contributed by atoms with Gasteiger partial charge in [0.05, 0.1) is 10.3 Å². The molecule has 1 N–H and O–H groups in total. The van der Waals surface area contributed by atoms with E-state index in [1.807, 2.05) is 12.1 Å². The van der Waals surface area contributed by atoms with E-state index < -0.39 is 0 Å². The zero-order valence-corrected chi connectivity index (χ0v) is 10.1. The van der Waals surface area contributed by atoms with Crippen molar-refractivity contribution in [1.82, 2.24) is 14.9 Å². The van der Waals surface area contributed by atoms with Crippen molar-refractivity contribution >= 4 is 33.3 Å². The third-order valence-corrected chi connectivity index (χ3v) is 3.41. The second-order valence-electron chi connectivity index (χ2n) is 2.83. The smallest absolute Gasteiger partial charge is 0.327 e. The lowest BCUT2D eigenvalue weighted by Gasteiger charge is -2.02. The SMILES string of the molecule is O=C(NCc1ccc(Br)s1)n1ccnc1. The molecular formula is C9H8BrN3OS. The van der Waals surface area contributed by atoms with E-state index in [1.54, 1.807) is 23.7 Å². The van der Waals surface area contributed by atoms with E-state index in [9.17, 15) is 4.79 Å². The number of imidazole rings is 1. The quantitative estimate of drug-likeness (QED) is 0.921. The molecule has 0 aliphatic heterocycles. The Morgan fingerprint density at radius 3 is 3.07 bits per heavy atom. The summed E-state index contributed by atoms with van der Waals surface area (Å²) in [6.07, 6.45) is 4.65. The summed E-state index contributed by atoms with van der Waals surface area (Å²) in [6, 6.07) is 3.77. The molecule has 0 radical (unpaired) electrons. The van der Waals surface area contributed by atoms with Crippen LogP contribution in [0.25, 0.3) is 0 Å². The fraction of sp³-hybridized carbons (Fsp3) is 0.111. The molecule has 78 valence electrons. The van der Waals surface area contributed by atoms with Gasteiger partial charge in [-0.05, 0) is 28.1 Å². The summed E-state index contributed by atoms with van der Waals surface area (Å²) in [6.45, 7) is 0.535. The Balaban J connectivity index is 1.91.